The first kappa shape index (κ1) is 12.1. The molecule has 16 heavy (non-hydrogen) atoms. The Morgan fingerprint density at radius 1 is 1.44 bits per heavy atom. The maximum absolute atomic E-state index is 12.6. The molecule has 0 spiro atoms. The lowest BCUT2D eigenvalue weighted by atomic mass is 9.96. The smallest absolute Gasteiger partial charge is 0.417 e. The molecule has 1 rings (SSSR count). The van der Waals surface area contributed by atoms with Crippen molar-refractivity contribution in [2.24, 2.45) is 0 Å². The number of halogens is 3. The van der Waals surface area contributed by atoms with Gasteiger partial charge in [-0.2, -0.15) is 13.2 Å². The van der Waals surface area contributed by atoms with E-state index >= 15 is 0 Å². The average molecular weight is 227 g/mol. The first-order chi connectivity index (χ1) is 7.29. The van der Waals surface area contributed by atoms with Crippen LogP contribution in [0.25, 0.3) is 0 Å². The molecule has 0 unspecified atom stereocenters. The third-order valence-corrected chi connectivity index (χ3v) is 2.06. The van der Waals surface area contributed by atoms with Crippen LogP contribution in [0.3, 0.4) is 0 Å². The van der Waals surface area contributed by atoms with Gasteiger partial charge in [0, 0.05) is 11.1 Å². The second-order valence-electron chi connectivity index (χ2n) is 3.11. The number of hydrogen-bond donors (Lipinski definition) is 0. The summed E-state index contributed by atoms with van der Waals surface area (Å²) in [6.07, 6.45) is 0.230. The van der Waals surface area contributed by atoms with Crippen molar-refractivity contribution in [3.05, 3.63) is 34.4 Å². The van der Waals surface area contributed by atoms with Crippen LogP contribution in [0.2, 0.25) is 0 Å². The number of carbonyl (C=O) groups is 1. The molecule has 0 aliphatic rings. The van der Waals surface area contributed by atoms with Crippen molar-refractivity contribution in [2.45, 2.75) is 13.1 Å². The Morgan fingerprint density at radius 2 is 2.00 bits per heavy atom. The van der Waals surface area contributed by atoms with Crippen LogP contribution in [0.5, 0.6) is 0 Å². The van der Waals surface area contributed by atoms with Gasteiger partial charge in [-0.1, -0.05) is 18.1 Å². The zero-order chi connectivity index (χ0) is 12.5. The summed E-state index contributed by atoms with van der Waals surface area (Å²) >= 11 is 0. The van der Waals surface area contributed by atoms with Crippen LogP contribution in [0, 0.1) is 19.3 Å². The molecule has 2 nitrogen and oxygen atoms in total. The van der Waals surface area contributed by atoms with Gasteiger partial charge < -0.3 is 9.90 Å². The summed E-state index contributed by atoms with van der Waals surface area (Å²) in [6, 6.07) is 2.06. The van der Waals surface area contributed by atoms with E-state index < -0.39 is 28.8 Å². The predicted molar refractivity (Wildman–Crippen MR) is 48.4 cm³/mol. The molecule has 0 aliphatic heterocycles. The summed E-state index contributed by atoms with van der Waals surface area (Å²) < 4.78 is 37.9. The first-order valence-corrected chi connectivity index (χ1v) is 4.17. The number of carboxylic acids is 1. The molecule has 1 aromatic rings. The monoisotopic (exact) mass is 227 g/mol. The van der Waals surface area contributed by atoms with Gasteiger partial charge in [0.05, 0.1) is 11.5 Å². The molecule has 0 amide bonds. The Kier molecular flexibility index (Phi) is 2.95. The lowest BCUT2D eigenvalue weighted by Gasteiger charge is -2.16. The molecule has 5 heteroatoms. The van der Waals surface area contributed by atoms with Crippen molar-refractivity contribution >= 4 is 5.97 Å². The van der Waals surface area contributed by atoms with Crippen molar-refractivity contribution in [2.75, 3.05) is 0 Å². The molecule has 0 atom stereocenters. The standard InChI is InChI=1S/C11H7F3O2/c1-3-7-8(10(15)16)5-4-6(2)9(7)11(12,13)14/h1,4-5H,2H3,(H,15,16)/p-1. The quantitative estimate of drug-likeness (QED) is 0.679. The largest absolute Gasteiger partial charge is 0.545 e. The summed E-state index contributed by atoms with van der Waals surface area (Å²) in [5.74, 6) is 0.0284. The van der Waals surface area contributed by atoms with Crippen molar-refractivity contribution in [1.29, 1.82) is 0 Å². The van der Waals surface area contributed by atoms with E-state index in [9.17, 15) is 23.1 Å². The zero-order valence-electron chi connectivity index (χ0n) is 8.18. The fourth-order valence-corrected chi connectivity index (χ4v) is 1.39. The maximum Gasteiger partial charge on any atom is 0.417 e. The summed E-state index contributed by atoms with van der Waals surface area (Å²) in [4.78, 5) is 10.6. The topological polar surface area (TPSA) is 40.1 Å². The van der Waals surface area contributed by atoms with Gasteiger partial charge in [-0.05, 0) is 12.5 Å². The van der Waals surface area contributed by atoms with Crippen LogP contribution in [0.1, 0.15) is 27.0 Å². The minimum atomic E-state index is -4.68. The van der Waals surface area contributed by atoms with Crippen LogP contribution in [0.4, 0.5) is 13.2 Å². The summed E-state index contributed by atoms with van der Waals surface area (Å²) in [6.45, 7) is 1.21. The molecule has 0 saturated heterocycles. The van der Waals surface area contributed by atoms with Gasteiger partial charge in [0.15, 0.2) is 0 Å². The van der Waals surface area contributed by atoms with Gasteiger partial charge in [0.2, 0.25) is 0 Å². The van der Waals surface area contributed by atoms with Crippen LogP contribution >= 0.6 is 0 Å². The third kappa shape index (κ3) is 2.01. The number of carbonyl (C=O) groups excluding carboxylic acids is 1. The molecule has 84 valence electrons. The Bertz CT molecular complexity index is 481. The summed E-state index contributed by atoms with van der Waals surface area (Å²) in [7, 11) is 0. The third-order valence-electron chi connectivity index (χ3n) is 2.06. The molecule has 0 aliphatic carbocycles. The number of alkyl halides is 3. The van der Waals surface area contributed by atoms with E-state index in [1.165, 1.54) is 6.92 Å². The van der Waals surface area contributed by atoms with Gasteiger partial charge in [0.1, 0.15) is 0 Å². The Labute approximate surface area is 89.7 Å². The number of hydrogen-bond acceptors (Lipinski definition) is 2. The van der Waals surface area contributed by atoms with E-state index in [2.05, 4.69) is 0 Å². The molecule has 0 fully saturated rings. The average Bonchev–Trinajstić information content (AvgIpc) is 2.14. The fourth-order valence-electron chi connectivity index (χ4n) is 1.39. The number of rotatable bonds is 1. The van der Waals surface area contributed by atoms with Gasteiger partial charge in [-0.3, -0.25) is 0 Å². The normalized spacial score (nSPS) is 10.9. The molecule has 0 saturated carbocycles. The van der Waals surface area contributed by atoms with E-state index in [1.807, 2.05) is 0 Å². The summed E-state index contributed by atoms with van der Waals surface area (Å²) in [5, 5.41) is 10.6. The first-order valence-electron chi connectivity index (χ1n) is 4.17. The van der Waals surface area contributed by atoms with Gasteiger partial charge in [0.25, 0.3) is 0 Å². The van der Waals surface area contributed by atoms with E-state index in [0.29, 0.717) is 0 Å². The molecule has 0 N–H and O–H groups in total. The number of aromatic carboxylic acids is 1. The minimum Gasteiger partial charge on any atom is -0.545 e. The zero-order valence-corrected chi connectivity index (χ0v) is 8.18. The lowest BCUT2D eigenvalue weighted by molar-refractivity contribution is -0.255. The van der Waals surface area contributed by atoms with Crippen LogP contribution in [0.15, 0.2) is 12.1 Å². The Morgan fingerprint density at radius 3 is 2.38 bits per heavy atom. The number of terminal acetylenes is 1. The van der Waals surface area contributed by atoms with E-state index in [-0.39, 0.29) is 5.56 Å². The van der Waals surface area contributed by atoms with Crippen molar-refractivity contribution in [3.63, 3.8) is 0 Å². The van der Waals surface area contributed by atoms with Gasteiger partial charge in [-0.15, -0.1) is 6.42 Å². The minimum absolute atomic E-state index is 0.120. The molecular weight excluding hydrogens is 221 g/mol. The highest BCUT2D eigenvalue weighted by atomic mass is 19.4. The van der Waals surface area contributed by atoms with Crippen molar-refractivity contribution in [1.82, 2.24) is 0 Å². The molecule has 0 radical (unpaired) electrons. The highest BCUT2D eigenvalue weighted by Crippen LogP contribution is 2.35. The second-order valence-corrected chi connectivity index (χ2v) is 3.11. The van der Waals surface area contributed by atoms with Crippen LogP contribution in [-0.2, 0) is 6.18 Å². The van der Waals surface area contributed by atoms with Crippen molar-refractivity contribution in [3.8, 4) is 12.3 Å². The van der Waals surface area contributed by atoms with Crippen LogP contribution < -0.4 is 5.11 Å². The SMILES string of the molecule is C#Cc1c(C(=O)[O-])ccc(C)c1C(F)(F)F. The molecule has 0 bridgehead atoms. The van der Waals surface area contributed by atoms with Crippen LogP contribution in [-0.4, -0.2) is 5.97 Å². The Hall–Kier alpha value is -1.96. The second kappa shape index (κ2) is 3.89. The summed E-state index contributed by atoms with van der Waals surface area (Å²) in [5.41, 5.74) is -2.53. The molecule has 0 heterocycles. The number of benzene rings is 1. The van der Waals surface area contributed by atoms with E-state index in [4.69, 9.17) is 6.42 Å². The van der Waals surface area contributed by atoms with Crippen molar-refractivity contribution < 1.29 is 23.1 Å². The molecule has 1 aromatic carbocycles. The highest BCUT2D eigenvalue weighted by Gasteiger charge is 2.35. The van der Waals surface area contributed by atoms with E-state index in [0.717, 1.165) is 12.1 Å². The number of carboxylic acid groups (broad SMARTS) is 1. The Balaban J connectivity index is 3.66. The lowest BCUT2D eigenvalue weighted by Crippen LogP contribution is -2.25. The molecular formula is C11H6F3O2-. The predicted octanol–water partition coefficient (Wildman–Crippen LogP) is 1.36. The fraction of sp³-hybridized carbons (Fsp3) is 0.182. The van der Waals surface area contributed by atoms with E-state index in [1.54, 1.807) is 5.92 Å². The number of aryl methyl sites for hydroxylation is 1. The molecule has 0 aromatic heterocycles. The van der Waals surface area contributed by atoms with Gasteiger partial charge in [-0.25, -0.2) is 0 Å². The maximum atomic E-state index is 12.6. The highest BCUT2D eigenvalue weighted by molar-refractivity contribution is 5.90. The van der Waals surface area contributed by atoms with Gasteiger partial charge >= 0.3 is 6.18 Å².